The molecule has 1 unspecified atom stereocenters. The lowest BCUT2D eigenvalue weighted by Gasteiger charge is -2.34. The zero-order chi connectivity index (χ0) is 12.3. The molecule has 94 valence electrons. The van der Waals surface area contributed by atoms with Crippen LogP contribution in [0.4, 0.5) is 5.82 Å². The molecule has 2 rings (SSSR count). The van der Waals surface area contributed by atoms with Crippen LogP contribution in [0.2, 0.25) is 0 Å². The highest BCUT2D eigenvalue weighted by atomic mass is 35.5. The van der Waals surface area contributed by atoms with Crippen molar-refractivity contribution in [2.45, 2.75) is 39.0 Å². The third kappa shape index (κ3) is 2.92. The van der Waals surface area contributed by atoms with E-state index in [1.165, 1.54) is 24.8 Å². The smallest absolute Gasteiger partial charge is 0.131 e. The van der Waals surface area contributed by atoms with Crippen molar-refractivity contribution in [3.05, 3.63) is 23.4 Å². The van der Waals surface area contributed by atoms with Crippen molar-refractivity contribution in [2.75, 3.05) is 18.0 Å². The Kier molecular flexibility index (Phi) is 4.27. The molecule has 0 spiro atoms. The van der Waals surface area contributed by atoms with Gasteiger partial charge >= 0.3 is 0 Å². The highest BCUT2D eigenvalue weighted by Gasteiger charge is 2.20. The second kappa shape index (κ2) is 5.72. The average molecular weight is 253 g/mol. The van der Waals surface area contributed by atoms with Gasteiger partial charge in [0.05, 0.1) is 0 Å². The topological polar surface area (TPSA) is 16.1 Å². The molecular weight excluding hydrogens is 232 g/mol. The summed E-state index contributed by atoms with van der Waals surface area (Å²) in [4.78, 5) is 7.02. The molecule has 0 radical (unpaired) electrons. The predicted octanol–water partition coefficient (Wildman–Crippen LogP) is 3.76. The fraction of sp³-hybridized carbons (Fsp3) is 0.643. The first kappa shape index (κ1) is 12.7. The fourth-order valence-electron chi connectivity index (χ4n) is 2.62. The molecule has 0 amide bonds. The number of pyridine rings is 1. The van der Waals surface area contributed by atoms with Crippen molar-refractivity contribution in [3.63, 3.8) is 0 Å². The van der Waals surface area contributed by atoms with Crippen molar-refractivity contribution in [1.29, 1.82) is 0 Å². The molecule has 1 aromatic rings. The maximum Gasteiger partial charge on any atom is 0.131 e. The summed E-state index contributed by atoms with van der Waals surface area (Å²) in [7, 11) is 0. The van der Waals surface area contributed by atoms with Crippen LogP contribution < -0.4 is 4.90 Å². The number of aryl methyl sites for hydroxylation is 1. The molecule has 0 N–H and O–H groups in total. The van der Waals surface area contributed by atoms with Crippen LogP contribution in [0.3, 0.4) is 0 Å². The zero-order valence-corrected chi connectivity index (χ0v) is 11.5. The van der Waals surface area contributed by atoms with E-state index < -0.39 is 0 Å². The third-order valence-electron chi connectivity index (χ3n) is 3.66. The van der Waals surface area contributed by atoms with Crippen molar-refractivity contribution in [2.24, 2.45) is 5.92 Å². The monoisotopic (exact) mass is 252 g/mol. The van der Waals surface area contributed by atoms with E-state index >= 15 is 0 Å². The summed E-state index contributed by atoms with van der Waals surface area (Å²) in [6, 6.07) is 2.16. The Labute approximate surface area is 109 Å². The van der Waals surface area contributed by atoms with Gasteiger partial charge in [0.15, 0.2) is 0 Å². The van der Waals surface area contributed by atoms with Gasteiger partial charge in [-0.2, -0.15) is 0 Å². The number of piperidine rings is 1. The van der Waals surface area contributed by atoms with Gasteiger partial charge in [0, 0.05) is 25.2 Å². The van der Waals surface area contributed by atoms with Gasteiger partial charge in [0.25, 0.3) is 0 Å². The molecule has 2 heterocycles. The van der Waals surface area contributed by atoms with Gasteiger partial charge in [-0.05, 0) is 42.9 Å². The molecule has 0 saturated carbocycles. The van der Waals surface area contributed by atoms with Crippen LogP contribution >= 0.6 is 11.6 Å². The lowest BCUT2D eigenvalue weighted by atomic mass is 9.95. The normalized spacial score (nSPS) is 20.6. The van der Waals surface area contributed by atoms with Gasteiger partial charge < -0.3 is 4.90 Å². The summed E-state index contributed by atoms with van der Waals surface area (Å²) in [6.45, 7) is 6.72. The lowest BCUT2D eigenvalue weighted by molar-refractivity contribution is 0.402. The molecule has 1 aliphatic heterocycles. The quantitative estimate of drug-likeness (QED) is 0.762. The zero-order valence-electron chi connectivity index (χ0n) is 10.7. The minimum absolute atomic E-state index is 0.547. The summed E-state index contributed by atoms with van der Waals surface area (Å²) < 4.78 is 0. The van der Waals surface area contributed by atoms with Crippen molar-refractivity contribution in [3.8, 4) is 0 Å². The Balaban J connectivity index is 2.16. The van der Waals surface area contributed by atoms with Gasteiger partial charge in [-0.15, -0.1) is 11.6 Å². The third-order valence-corrected chi connectivity index (χ3v) is 3.97. The highest BCUT2D eigenvalue weighted by Crippen LogP contribution is 2.26. The molecule has 0 aliphatic carbocycles. The van der Waals surface area contributed by atoms with Crippen LogP contribution in [0.1, 0.15) is 37.3 Å². The van der Waals surface area contributed by atoms with Gasteiger partial charge in [0.1, 0.15) is 5.82 Å². The fourth-order valence-corrected chi connectivity index (χ4v) is 2.77. The Morgan fingerprint density at radius 2 is 2.35 bits per heavy atom. The molecule has 1 atom stereocenters. The van der Waals surface area contributed by atoms with E-state index in [1.807, 2.05) is 6.20 Å². The van der Waals surface area contributed by atoms with E-state index in [1.54, 1.807) is 0 Å². The first-order valence-electron chi connectivity index (χ1n) is 6.51. The minimum Gasteiger partial charge on any atom is -0.356 e. The second-order valence-corrected chi connectivity index (χ2v) is 5.25. The Hall–Kier alpha value is -0.760. The maximum absolute atomic E-state index is 5.83. The van der Waals surface area contributed by atoms with Crippen LogP contribution in [0.25, 0.3) is 0 Å². The van der Waals surface area contributed by atoms with Gasteiger partial charge in [-0.3, -0.25) is 0 Å². The van der Waals surface area contributed by atoms with Crippen LogP contribution in [0.5, 0.6) is 0 Å². The second-order valence-electron chi connectivity index (χ2n) is 4.98. The van der Waals surface area contributed by atoms with E-state index in [-0.39, 0.29) is 0 Å². The molecule has 3 heteroatoms. The van der Waals surface area contributed by atoms with E-state index in [9.17, 15) is 0 Å². The first-order valence-corrected chi connectivity index (χ1v) is 7.04. The van der Waals surface area contributed by atoms with E-state index in [0.717, 1.165) is 30.4 Å². The number of halogens is 1. The average Bonchev–Trinajstić information content (AvgIpc) is 2.38. The molecule has 1 aliphatic rings. The molecule has 0 bridgehead atoms. The molecule has 1 fully saturated rings. The molecule has 17 heavy (non-hydrogen) atoms. The summed E-state index contributed by atoms with van der Waals surface area (Å²) in [5.74, 6) is 2.53. The number of hydrogen-bond acceptors (Lipinski definition) is 2. The minimum atomic E-state index is 0.547. The van der Waals surface area contributed by atoms with Gasteiger partial charge in [0.2, 0.25) is 0 Å². The van der Waals surface area contributed by atoms with Crippen molar-refractivity contribution >= 4 is 17.4 Å². The van der Waals surface area contributed by atoms with Crippen molar-refractivity contribution in [1.82, 2.24) is 4.98 Å². The number of rotatable bonds is 3. The van der Waals surface area contributed by atoms with Crippen LogP contribution in [-0.4, -0.2) is 18.1 Å². The number of aromatic nitrogens is 1. The van der Waals surface area contributed by atoms with Crippen LogP contribution in [-0.2, 0) is 5.88 Å². The molecule has 2 nitrogen and oxygen atoms in total. The molecule has 0 aromatic carbocycles. The number of anilines is 1. The van der Waals surface area contributed by atoms with Crippen LogP contribution in [0, 0.1) is 12.8 Å². The summed E-state index contributed by atoms with van der Waals surface area (Å²) in [5, 5.41) is 0. The number of nitrogens with zero attached hydrogens (tertiary/aromatic N) is 2. The lowest BCUT2D eigenvalue weighted by Crippen LogP contribution is -2.36. The summed E-state index contributed by atoms with van der Waals surface area (Å²) in [6.07, 6.45) is 5.84. The molecule has 1 saturated heterocycles. The first-order chi connectivity index (χ1) is 8.24. The maximum atomic E-state index is 5.83. The Bertz CT molecular complexity index is 378. The van der Waals surface area contributed by atoms with Gasteiger partial charge in [-0.1, -0.05) is 13.3 Å². The molecular formula is C14H21ClN2. The van der Waals surface area contributed by atoms with E-state index in [0.29, 0.717) is 5.88 Å². The number of alkyl halides is 1. The Morgan fingerprint density at radius 1 is 1.53 bits per heavy atom. The standard InChI is InChI=1S/C14H21ClN2/c1-3-12-5-4-6-17(10-12)14-11(2)7-13(8-15)9-16-14/h7,9,12H,3-6,8,10H2,1-2H3. The summed E-state index contributed by atoms with van der Waals surface area (Å²) >= 11 is 5.83. The van der Waals surface area contributed by atoms with Crippen molar-refractivity contribution < 1.29 is 0 Å². The SMILES string of the molecule is CCC1CCCN(c2ncc(CCl)cc2C)C1. The summed E-state index contributed by atoms with van der Waals surface area (Å²) in [5.41, 5.74) is 2.36. The largest absolute Gasteiger partial charge is 0.356 e. The Morgan fingerprint density at radius 3 is 3.00 bits per heavy atom. The predicted molar refractivity (Wildman–Crippen MR) is 73.8 cm³/mol. The van der Waals surface area contributed by atoms with Gasteiger partial charge in [-0.25, -0.2) is 4.98 Å². The number of hydrogen-bond donors (Lipinski definition) is 0. The van der Waals surface area contributed by atoms with Crippen LogP contribution in [0.15, 0.2) is 12.3 Å². The van der Waals surface area contributed by atoms with E-state index in [2.05, 4.69) is 29.8 Å². The molecule has 1 aromatic heterocycles. The highest BCUT2D eigenvalue weighted by molar-refractivity contribution is 6.17. The van der Waals surface area contributed by atoms with E-state index in [4.69, 9.17) is 11.6 Å².